The molecule has 1 aliphatic rings. The molecule has 0 amide bonds. The Labute approximate surface area is 111 Å². The summed E-state index contributed by atoms with van der Waals surface area (Å²) in [6, 6.07) is 2.70. The number of nitrogens with zero attached hydrogens (tertiary/aromatic N) is 1. The molecule has 0 bridgehead atoms. The second-order valence-electron chi connectivity index (χ2n) is 4.35. The Hall–Kier alpha value is -0.780. The summed E-state index contributed by atoms with van der Waals surface area (Å²) in [4.78, 5) is 2.03. The van der Waals surface area contributed by atoms with E-state index in [2.05, 4.69) is 15.9 Å². The van der Waals surface area contributed by atoms with Crippen LogP contribution in [0.2, 0.25) is 0 Å². The Kier molecular flexibility index (Phi) is 3.84. The van der Waals surface area contributed by atoms with E-state index >= 15 is 0 Å². The lowest BCUT2D eigenvalue weighted by Crippen LogP contribution is -2.36. The molecule has 2 rings (SSSR count). The molecule has 0 N–H and O–H groups in total. The third kappa shape index (κ3) is 2.96. The number of anilines is 1. The van der Waals surface area contributed by atoms with Crippen LogP contribution >= 0.6 is 15.9 Å². The Balaban J connectivity index is 2.24. The van der Waals surface area contributed by atoms with Gasteiger partial charge in [0, 0.05) is 17.9 Å². The Morgan fingerprint density at radius 3 is 2.56 bits per heavy atom. The Morgan fingerprint density at radius 1 is 1.28 bits per heavy atom. The molecule has 0 radical (unpaired) electrons. The van der Waals surface area contributed by atoms with Crippen molar-refractivity contribution in [3.8, 4) is 0 Å². The lowest BCUT2D eigenvalue weighted by Gasteiger charge is -2.32. The first kappa shape index (κ1) is 13.6. The highest BCUT2D eigenvalue weighted by atomic mass is 79.9. The maximum absolute atomic E-state index is 13.7. The van der Waals surface area contributed by atoms with Crippen LogP contribution in [0.4, 0.5) is 23.2 Å². The van der Waals surface area contributed by atoms with E-state index in [-0.39, 0.29) is 10.5 Å². The van der Waals surface area contributed by atoms with Crippen molar-refractivity contribution in [1.82, 2.24) is 0 Å². The quantitative estimate of drug-likeness (QED) is 0.552. The molecule has 0 aromatic heterocycles. The second-order valence-corrected chi connectivity index (χ2v) is 5.64. The fourth-order valence-corrected chi connectivity index (χ4v) is 2.76. The van der Waals surface area contributed by atoms with Crippen molar-refractivity contribution < 1.29 is 17.6 Å². The van der Waals surface area contributed by atoms with Gasteiger partial charge < -0.3 is 4.90 Å². The van der Waals surface area contributed by atoms with Crippen LogP contribution in [0, 0.1) is 5.82 Å². The average molecular weight is 326 g/mol. The van der Waals surface area contributed by atoms with Crippen molar-refractivity contribution in [2.45, 2.75) is 23.8 Å². The number of piperidine rings is 1. The molecule has 1 atom stereocenters. The molecule has 6 heteroatoms. The number of benzene rings is 1. The SMILES string of the molecule is Fc1cc(C(F)(F)F)ccc1N1CCCC(Br)C1. The Bertz CT molecular complexity index is 433. The first-order valence-corrected chi connectivity index (χ1v) is 6.55. The summed E-state index contributed by atoms with van der Waals surface area (Å²) in [6.07, 6.45) is -2.60. The van der Waals surface area contributed by atoms with Crippen LogP contribution in [-0.4, -0.2) is 17.9 Å². The zero-order chi connectivity index (χ0) is 13.3. The van der Waals surface area contributed by atoms with Crippen LogP contribution in [0.15, 0.2) is 18.2 Å². The van der Waals surface area contributed by atoms with E-state index in [1.54, 1.807) is 4.90 Å². The minimum absolute atomic E-state index is 0.243. The van der Waals surface area contributed by atoms with Crippen molar-refractivity contribution in [1.29, 1.82) is 0 Å². The summed E-state index contributed by atoms with van der Waals surface area (Å²) in [6.45, 7) is 1.28. The van der Waals surface area contributed by atoms with Crippen LogP contribution in [0.5, 0.6) is 0 Å². The summed E-state index contributed by atoms with van der Waals surface area (Å²) < 4.78 is 51.0. The van der Waals surface area contributed by atoms with E-state index in [0.29, 0.717) is 19.2 Å². The summed E-state index contributed by atoms with van der Waals surface area (Å²) in [5.41, 5.74) is -0.705. The van der Waals surface area contributed by atoms with Gasteiger partial charge in [-0.05, 0) is 31.0 Å². The fraction of sp³-hybridized carbons (Fsp3) is 0.500. The van der Waals surface area contributed by atoms with Gasteiger partial charge in [0.05, 0.1) is 11.3 Å². The standard InChI is InChI=1S/C12H12BrF4N/c13-9-2-1-5-18(7-9)11-4-3-8(6-10(11)14)12(15,16)17/h3-4,6,9H,1-2,5,7H2. The first-order chi connectivity index (χ1) is 8.38. The smallest absolute Gasteiger partial charge is 0.368 e. The number of rotatable bonds is 1. The van der Waals surface area contributed by atoms with Crippen LogP contribution in [0.3, 0.4) is 0 Å². The molecule has 1 saturated heterocycles. The third-order valence-corrected chi connectivity index (χ3v) is 3.73. The van der Waals surface area contributed by atoms with Gasteiger partial charge in [-0.3, -0.25) is 0 Å². The molecule has 1 aromatic carbocycles. The monoisotopic (exact) mass is 325 g/mol. The molecule has 1 unspecified atom stereocenters. The molecule has 100 valence electrons. The van der Waals surface area contributed by atoms with Crippen molar-refractivity contribution in [3.05, 3.63) is 29.6 Å². The number of hydrogen-bond acceptors (Lipinski definition) is 1. The van der Waals surface area contributed by atoms with Gasteiger partial charge in [-0.15, -0.1) is 0 Å². The zero-order valence-corrected chi connectivity index (χ0v) is 11.1. The van der Waals surface area contributed by atoms with Gasteiger partial charge in [0.15, 0.2) is 0 Å². The number of alkyl halides is 4. The predicted octanol–water partition coefficient (Wildman–Crippen LogP) is 4.21. The topological polar surface area (TPSA) is 3.24 Å². The van der Waals surface area contributed by atoms with Gasteiger partial charge in [-0.25, -0.2) is 4.39 Å². The predicted molar refractivity (Wildman–Crippen MR) is 65.6 cm³/mol. The third-order valence-electron chi connectivity index (χ3n) is 2.98. The van der Waals surface area contributed by atoms with E-state index in [4.69, 9.17) is 0 Å². The molecule has 1 aliphatic heterocycles. The second kappa shape index (κ2) is 5.07. The van der Waals surface area contributed by atoms with E-state index < -0.39 is 17.6 Å². The van der Waals surface area contributed by atoms with E-state index in [1.165, 1.54) is 6.07 Å². The van der Waals surface area contributed by atoms with Gasteiger partial charge in [-0.2, -0.15) is 13.2 Å². The molecular formula is C12H12BrF4N. The minimum Gasteiger partial charge on any atom is -0.368 e. The molecule has 0 aliphatic carbocycles. The number of hydrogen-bond donors (Lipinski definition) is 0. The molecule has 1 heterocycles. The van der Waals surface area contributed by atoms with Gasteiger partial charge in [-0.1, -0.05) is 15.9 Å². The van der Waals surface area contributed by atoms with Gasteiger partial charge in [0.1, 0.15) is 5.82 Å². The van der Waals surface area contributed by atoms with Crippen molar-refractivity contribution in [2.75, 3.05) is 18.0 Å². The molecule has 1 nitrogen and oxygen atoms in total. The van der Waals surface area contributed by atoms with Crippen LogP contribution in [0.25, 0.3) is 0 Å². The molecule has 0 spiro atoms. The highest BCUT2D eigenvalue weighted by molar-refractivity contribution is 9.09. The molecule has 18 heavy (non-hydrogen) atoms. The Morgan fingerprint density at radius 2 is 2.00 bits per heavy atom. The minimum atomic E-state index is -4.50. The lowest BCUT2D eigenvalue weighted by atomic mass is 10.1. The lowest BCUT2D eigenvalue weighted by molar-refractivity contribution is -0.137. The highest BCUT2D eigenvalue weighted by Gasteiger charge is 2.32. The fourth-order valence-electron chi connectivity index (χ4n) is 2.08. The van der Waals surface area contributed by atoms with E-state index in [9.17, 15) is 17.6 Å². The van der Waals surface area contributed by atoms with Gasteiger partial charge in [0.2, 0.25) is 0 Å². The average Bonchev–Trinajstić information content (AvgIpc) is 2.27. The summed E-state index contributed by atoms with van der Waals surface area (Å²) in [5, 5.41) is 0. The summed E-state index contributed by atoms with van der Waals surface area (Å²) >= 11 is 3.45. The highest BCUT2D eigenvalue weighted by Crippen LogP contribution is 2.33. The molecule has 0 saturated carbocycles. The van der Waals surface area contributed by atoms with Gasteiger partial charge in [0.25, 0.3) is 0 Å². The van der Waals surface area contributed by atoms with Crippen molar-refractivity contribution >= 4 is 21.6 Å². The van der Waals surface area contributed by atoms with Crippen molar-refractivity contribution in [3.63, 3.8) is 0 Å². The summed E-state index contributed by atoms with van der Waals surface area (Å²) in [5.74, 6) is -0.813. The van der Waals surface area contributed by atoms with Crippen LogP contribution in [-0.2, 0) is 6.18 Å². The van der Waals surface area contributed by atoms with E-state index in [1.807, 2.05) is 0 Å². The number of halogens is 5. The largest absolute Gasteiger partial charge is 0.416 e. The molecular weight excluding hydrogens is 314 g/mol. The summed E-state index contributed by atoms with van der Waals surface area (Å²) in [7, 11) is 0. The van der Waals surface area contributed by atoms with Gasteiger partial charge >= 0.3 is 6.18 Å². The maximum Gasteiger partial charge on any atom is 0.416 e. The first-order valence-electron chi connectivity index (χ1n) is 5.63. The van der Waals surface area contributed by atoms with Crippen LogP contribution in [0.1, 0.15) is 18.4 Å². The maximum atomic E-state index is 13.7. The zero-order valence-electron chi connectivity index (χ0n) is 9.47. The molecule has 1 aromatic rings. The van der Waals surface area contributed by atoms with E-state index in [0.717, 1.165) is 18.9 Å². The normalized spacial score (nSPS) is 21.2. The van der Waals surface area contributed by atoms with Crippen LogP contribution < -0.4 is 4.90 Å². The van der Waals surface area contributed by atoms with Crippen molar-refractivity contribution in [2.24, 2.45) is 0 Å². The molecule has 1 fully saturated rings.